The lowest BCUT2D eigenvalue weighted by atomic mass is 10.1. The molecule has 80 valence electrons. The fourth-order valence-electron chi connectivity index (χ4n) is 1.02. The van der Waals surface area contributed by atoms with Crippen molar-refractivity contribution < 1.29 is 25.0 Å². The lowest BCUT2D eigenvalue weighted by Gasteiger charge is -2.05. The number of aliphatic carboxylic acids is 1. The van der Waals surface area contributed by atoms with Crippen molar-refractivity contribution in [1.82, 2.24) is 0 Å². The summed E-state index contributed by atoms with van der Waals surface area (Å²) in [6.45, 7) is 0. The molecule has 7 heteroatoms. The summed E-state index contributed by atoms with van der Waals surface area (Å²) in [5.74, 6) is -2.02. The molecule has 3 N–H and O–H groups in total. The summed E-state index contributed by atoms with van der Waals surface area (Å²) in [5.41, 5.74) is -0.723. The second kappa shape index (κ2) is 3.93. The Labute approximate surface area is 83.4 Å². The molecule has 0 amide bonds. The number of non-ortho nitro benzene ring substituents is 1. The highest BCUT2D eigenvalue weighted by Gasteiger charge is 2.20. The van der Waals surface area contributed by atoms with Gasteiger partial charge in [-0.25, -0.2) is 4.79 Å². The Kier molecular flexibility index (Phi) is 2.86. The third-order valence-corrected chi connectivity index (χ3v) is 1.69. The number of benzene rings is 1. The lowest BCUT2D eigenvalue weighted by molar-refractivity contribution is -0.385. The minimum atomic E-state index is -1.89. The fourth-order valence-corrected chi connectivity index (χ4v) is 1.02. The van der Waals surface area contributed by atoms with Gasteiger partial charge in [-0.05, 0) is 6.07 Å². The van der Waals surface area contributed by atoms with Crippen LogP contribution in [0.2, 0.25) is 0 Å². The molecule has 0 spiro atoms. The number of aromatic hydroxyl groups is 1. The number of carboxylic acids is 1. The second-order valence-electron chi connectivity index (χ2n) is 2.78. The van der Waals surface area contributed by atoms with E-state index in [9.17, 15) is 14.9 Å². The fraction of sp³-hybridized carbons (Fsp3) is 0.125. The van der Waals surface area contributed by atoms with Crippen LogP contribution in [0.1, 0.15) is 11.7 Å². The first-order chi connectivity index (χ1) is 6.91. The molecule has 0 aliphatic carbocycles. The highest BCUT2D eigenvalue weighted by molar-refractivity contribution is 5.74. The molecule has 0 aliphatic heterocycles. The molecular formula is C8H7NO6. The van der Waals surface area contributed by atoms with Gasteiger partial charge in [0, 0.05) is 11.6 Å². The van der Waals surface area contributed by atoms with Crippen LogP contribution in [-0.4, -0.2) is 26.2 Å². The van der Waals surface area contributed by atoms with Crippen molar-refractivity contribution >= 4 is 11.7 Å². The first kappa shape index (κ1) is 10.9. The molecule has 1 rings (SSSR count). The summed E-state index contributed by atoms with van der Waals surface area (Å²) >= 11 is 0. The minimum Gasteiger partial charge on any atom is -0.508 e. The average Bonchev–Trinajstić information content (AvgIpc) is 2.15. The van der Waals surface area contributed by atoms with E-state index in [1.165, 1.54) is 0 Å². The molecule has 0 fully saturated rings. The minimum absolute atomic E-state index is 0.241. The van der Waals surface area contributed by atoms with Crippen molar-refractivity contribution in [2.75, 3.05) is 0 Å². The molecule has 0 aromatic heterocycles. The first-order valence-electron chi connectivity index (χ1n) is 3.81. The number of carboxylic acid groups (broad SMARTS) is 1. The van der Waals surface area contributed by atoms with Crippen LogP contribution in [-0.2, 0) is 4.79 Å². The molecule has 1 aromatic rings. The largest absolute Gasteiger partial charge is 0.508 e. The predicted octanol–water partition coefficient (Wildman–Crippen LogP) is 0.418. The lowest BCUT2D eigenvalue weighted by Crippen LogP contribution is -2.10. The highest BCUT2D eigenvalue weighted by Crippen LogP contribution is 2.25. The molecule has 15 heavy (non-hydrogen) atoms. The molecule has 7 nitrogen and oxygen atoms in total. The van der Waals surface area contributed by atoms with Crippen molar-refractivity contribution in [3.63, 3.8) is 0 Å². The number of phenolic OH excluding ortho intramolecular Hbond substituents is 1. The molecule has 1 unspecified atom stereocenters. The van der Waals surface area contributed by atoms with Crippen LogP contribution < -0.4 is 0 Å². The van der Waals surface area contributed by atoms with Crippen molar-refractivity contribution in [2.45, 2.75) is 6.10 Å². The van der Waals surface area contributed by atoms with Crippen molar-refractivity contribution in [3.8, 4) is 5.75 Å². The Morgan fingerprint density at radius 1 is 1.40 bits per heavy atom. The average molecular weight is 213 g/mol. The molecule has 0 aliphatic rings. The number of hydrogen-bond acceptors (Lipinski definition) is 5. The van der Waals surface area contributed by atoms with Crippen LogP contribution in [0.25, 0.3) is 0 Å². The summed E-state index contributed by atoms with van der Waals surface area (Å²) < 4.78 is 0. The number of hydrogen-bond donors (Lipinski definition) is 3. The van der Waals surface area contributed by atoms with Gasteiger partial charge in [0.25, 0.3) is 5.69 Å². The van der Waals surface area contributed by atoms with Gasteiger partial charge in [0.05, 0.1) is 11.0 Å². The zero-order valence-corrected chi connectivity index (χ0v) is 7.32. The Morgan fingerprint density at radius 2 is 2.00 bits per heavy atom. The monoisotopic (exact) mass is 213 g/mol. The van der Waals surface area contributed by atoms with Crippen LogP contribution >= 0.6 is 0 Å². The maximum Gasteiger partial charge on any atom is 0.337 e. The Morgan fingerprint density at radius 3 is 2.47 bits per heavy atom. The van der Waals surface area contributed by atoms with Gasteiger partial charge < -0.3 is 15.3 Å². The third-order valence-electron chi connectivity index (χ3n) is 1.69. The number of carbonyl (C=O) groups is 1. The summed E-state index contributed by atoms with van der Waals surface area (Å²) in [5, 5.41) is 37.0. The Hall–Kier alpha value is -2.15. The number of rotatable bonds is 3. The van der Waals surface area contributed by atoms with Gasteiger partial charge in [0.2, 0.25) is 0 Å². The molecule has 0 saturated heterocycles. The topological polar surface area (TPSA) is 121 Å². The van der Waals surface area contributed by atoms with E-state index in [4.69, 9.17) is 15.3 Å². The number of nitro groups is 1. The summed E-state index contributed by atoms with van der Waals surface area (Å²) in [4.78, 5) is 20.0. The van der Waals surface area contributed by atoms with Gasteiger partial charge in [0.15, 0.2) is 6.10 Å². The van der Waals surface area contributed by atoms with Crippen molar-refractivity contribution in [3.05, 3.63) is 33.9 Å². The van der Waals surface area contributed by atoms with E-state index in [0.717, 1.165) is 18.2 Å². The number of nitro benzene ring substituents is 1. The SMILES string of the molecule is O=C(O)C(O)c1cc(O)cc([N+](=O)[O-])c1. The van der Waals surface area contributed by atoms with E-state index in [1.807, 2.05) is 0 Å². The number of aliphatic hydroxyl groups is 1. The molecule has 0 radical (unpaired) electrons. The molecule has 1 atom stereocenters. The smallest absolute Gasteiger partial charge is 0.337 e. The van der Waals surface area contributed by atoms with Gasteiger partial charge >= 0.3 is 5.97 Å². The van der Waals surface area contributed by atoms with Crippen LogP contribution in [0.15, 0.2) is 18.2 Å². The van der Waals surface area contributed by atoms with Crippen LogP contribution in [0.5, 0.6) is 5.75 Å². The number of nitrogens with zero attached hydrogens (tertiary/aromatic N) is 1. The molecular weight excluding hydrogens is 206 g/mol. The number of phenols is 1. The normalized spacial score (nSPS) is 12.1. The first-order valence-corrected chi connectivity index (χ1v) is 3.81. The third kappa shape index (κ3) is 2.41. The summed E-state index contributed by atoms with van der Waals surface area (Å²) in [6.07, 6.45) is -1.89. The van der Waals surface area contributed by atoms with Gasteiger partial charge in [-0.15, -0.1) is 0 Å². The highest BCUT2D eigenvalue weighted by atomic mass is 16.6. The summed E-state index contributed by atoms with van der Waals surface area (Å²) in [6, 6.07) is 2.70. The van der Waals surface area contributed by atoms with Crippen LogP contribution in [0.4, 0.5) is 5.69 Å². The Balaban J connectivity index is 3.20. The van der Waals surface area contributed by atoms with Gasteiger partial charge in [-0.2, -0.15) is 0 Å². The number of aliphatic hydroxyl groups excluding tert-OH is 1. The molecule has 1 aromatic carbocycles. The van der Waals surface area contributed by atoms with E-state index in [1.54, 1.807) is 0 Å². The molecule has 0 heterocycles. The van der Waals surface area contributed by atoms with Gasteiger partial charge in [-0.3, -0.25) is 10.1 Å². The van der Waals surface area contributed by atoms with Gasteiger partial charge in [0.1, 0.15) is 5.75 Å². The maximum atomic E-state index is 10.4. The van der Waals surface area contributed by atoms with Crippen molar-refractivity contribution in [2.24, 2.45) is 0 Å². The van der Waals surface area contributed by atoms with Crippen LogP contribution in [0, 0.1) is 10.1 Å². The predicted molar refractivity (Wildman–Crippen MR) is 47.4 cm³/mol. The zero-order chi connectivity index (χ0) is 11.6. The molecule has 0 saturated carbocycles. The second-order valence-corrected chi connectivity index (χ2v) is 2.78. The van der Waals surface area contributed by atoms with E-state index in [-0.39, 0.29) is 5.56 Å². The van der Waals surface area contributed by atoms with E-state index in [2.05, 4.69) is 0 Å². The standard InChI is InChI=1S/C8H7NO6/c10-6-2-4(7(11)8(12)13)1-5(3-6)9(14)15/h1-3,7,10-11H,(H,12,13). The molecule has 0 bridgehead atoms. The van der Waals surface area contributed by atoms with Crippen LogP contribution in [0.3, 0.4) is 0 Å². The maximum absolute atomic E-state index is 10.4. The Bertz CT molecular complexity index is 416. The van der Waals surface area contributed by atoms with E-state index >= 15 is 0 Å². The quantitative estimate of drug-likeness (QED) is 0.494. The zero-order valence-electron chi connectivity index (χ0n) is 7.32. The van der Waals surface area contributed by atoms with Gasteiger partial charge in [-0.1, -0.05) is 0 Å². The van der Waals surface area contributed by atoms with E-state index in [0.29, 0.717) is 0 Å². The van der Waals surface area contributed by atoms with Crippen molar-refractivity contribution in [1.29, 1.82) is 0 Å². The summed E-state index contributed by atoms with van der Waals surface area (Å²) in [7, 11) is 0. The van der Waals surface area contributed by atoms with E-state index < -0.39 is 28.4 Å².